The van der Waals surface area contributed by atoms with Crippen LogP contribution in [0.5, 0.6) is 0 Å². The first-order valence-electron chi connectivity index (χ1n) is 7.15. The Bertz CT molecular complexity index is 773. The molecule has 0 aromatic heterocycles. The van der Waals surface area contributed by atoms with Crippen LogP contribution in [-0.4, -0.2) is 11.8 Å². The maximum atomic E-state index is 13.9. The summed E-state index contributed by atoms with van der Waals surface area (Å²) in [5.41, 5.74) is -0.579. The zero-order valence-electron chi connectivity index (χ0n) is 12.1. The van der Waals surface area contributed by atoms with Crippen LogP contribution in [0.3, 0.4) is 0 Å². The second-order valence-electron chi connectivity index (χ2n) is 5.45. The predicted molar refractivity (Wildman–Crippen MR) is 80.5 cm³/mol. The highest BCUT2D eigenvalue weighted by Gasteiger charge is 2.48. The number of nitrogens with one attached hydrogen (secondary N) is 2. The number of hydrogen-bond acceptors (Lipinski definition) is 2. The maximum absolute atomic E-state index is 13.9. The summed E-state index contributed by atoms with van der Waals surface area (Å²) >= 11 is 0. The Morgan fingerprint density at radius 2 is 1.48 bits per heavy atom. The minimum Gasteiger partial charge on any atom is -0.338 e. The van der Waals surface area contributed by atoms with E-state index in [0.29, 0.717) is 18.4 Å². The summed E-state index contributed by atoms with van der Waals surface area (Å²) in [5, 5.41) is 4.76. The minimum atomic E-state index is -0.988. The largest absolute Gasteiger partial charge is 0.338 e. The number of rotatable bonds is 3. The first-order valence-corrected chi connectivity index (χ1v) is 7.15. The van der Waals surface area contributed by atoms with Crippen LogP contribution in [0.25, 0.3) is 0 Å². The number of carbonyl (C=O) groups is 2. The van der Waals surface area contributed by atoms with Crippen molar-refractivity contribution in [3.63, 3.8) is 0 Å². The fraction of sp³-hybridized carbons (Fsp3) is 0.176. The molecule has 4 nitrogen and oxygen atoms in total. The van der Waals surface area contributed by atoms with E-state index in [1.54, 1.807) is 24.3 Å². The van der Waals surface area contributed by atoms with Gasteiger partial charge in [0.25, 0.3) is 0 Å². The van der Waals surface area contributed by atoms with Crippen LogP contribution in [-0.2, 0) is 15.1 Å². The first-order chi connectivity index (χ1) is 11.0. The molecule has 1 fully saturated rings. The molecule has 1 saturated carbocycles. The van der Waals surface area contributed by atoms with Gasteiger partial charge in [-0.2, -0.15) is 0 Å². The van der Waals surface area contributed by atoms with E-state index in [1.807, 2.05) is 0 Å². The van der Waals surface area contributed by atoms with Gasteiger partial charge in [-0.15, -0.1) is 0 Å². The molecule has 118 valence electrons. The van der Waals surface area contributed by atoms with Gasteiger partial charge in [0.1, 0.15) is 11.6 Å². The van der Waals surface area contributed by atoms with Crippen LogP contribution in [0.15, 0.2) is 48.5 Å². The van der Waals surface area contributed by atoms with Crippen molar-refractivity contribution in [1.82, 2.24) is 5.32 Å². The average molecular weight is 316 g/mol. The molecule has 0 unspecified atom stereocenters. The van der Waals surface area contributed by atoms with E-state index < -0.39 is 29.0 Å². The van der Waals surface area contributed by atoms with Gasteiger partial charge < -0.3 is 10.6 Å². The van der Waals surface area contributed by atoms with Gasteiger partial charge in [0.05, 0.1) is 11.2 Å². The topological polar surface area (TPSA) is 58.2 Å². The molecule has 3 rings (SSSR count). The summed E-state index contributed by atoms with van der Waals surface area (Å²) in [6.45, 7) is 0. The molecule has 23 heavy (non-hydrogen) atoms. The molecule has 1 aliphatic rings. The van der Waals surface area contributed by atoms with E-state index in [-0.39, 0.29) is 5.69 Å². The highest BCUT2D eigenvalue weighted by atomic mass is 19.1. The van der Waals surface area contributed by atoms with Gasteiger partial charge in [0.15, 0.2) is 0 Å². The normalized spacial score (nSPS) is 14.9. The highest BCUT2D eigenvalue weighted by Crippen LogP contribution is 2.46. The Hall–Kier alpha value is -2.76. The Kier molecular flexibility index (Phi) is 3.82. The van der Waals surface area contributed by atoms with E-state index in [9.17, 15) is 18.4 Å². The van der Waals surface area contributed by atoms with Gasteiger partial charge in [0.2, 0.25) is 0 Å². The number of benzene rings is 2. The first kappa shape index (κ1) is 15.1. The van der Waals surface area contributed by atoms with Crippen LogP contribution < -0.4 is 10.6 Å². The van der Waals surface area contributed by atoms with Crippen molar-refractivity contribution in [1.29, 1.82) is 0 Å². The highest BCUT2D eigenvalue weighted by molar-refractivity contribution is 6.39. The minimum absolute atomic E-state index is 0.0802. The van der Waals surface area contributed by atoms with E-state index >= 15 is 0 Å². The molecule has 6 heteroatoms. The Labute approximate surface area is 131 Å². The molecule has 0 bridgehead atoms. The number of amides is 2. The summed E-state index contributed by atoms with van der Waals surface area (Å²) in [5.74, 6) is -2.98. The summed E-state index contributed by atoms with van der Waals surface area (Å²) in [7, 11) is 0. The second-order valence-corrected chi connectivity index (χ2v) is 5.45. The van der Waals surface area contributed by atoms with Crippen molar-refractivity contribution in [3.8, 4) is 0 Å². The van der Waals surface area contributed by atoms with Crippen LogP contribution in [0.2, 0.25) is 0 Å². The number of hydrogen-bond donors (Lipinski definition) is 2. The Balaban J connectivity index is 1.71. The molecule has 0 spiro atoms. The lowest BCUT2D eigenvalue weighted by molar-refractivity contribution is -0.136. The van der Waals surface area contributed by atoms with Crippen molar-refractivity contribution in [2.75, 3.05) is 5.32 Å². The quantitative estimate of drug-likeness (QED) is 0.856. The fourth-order valence-electron chi connectivity index (χ4n) is 2.45. The monoisotopic (exact) mass is 316 g/mol. The summed E-state index contributed by atoms with van der Waals surface area (Å²) in [6, 6.07) is 11.7. The van der Waals surface area contributed by atoms with E-state index in [0.717, 1.165) is 0 Å². The third kappa shape index (κ3) is 3.06. The number of anilines is 1. The average Bonchev–Trinajstić information content (AvgIpc) is 3.30. The number of carbonyl (C=O) groups excluding carboxylic acids is 2. The van der Waals surface area contributed by atoms with Gasteiger partial charge in [-0.1, -0.05) is 30.3 Å². The molecule has 2 amide bonds. The van der Waals surface area contributed by atoms with Gasteiger partial charge in [-0.25, -0.2) is 8.78 Å². The molecule has 2 aromatic rings. The maximum Gasteiger partial charge on any atom is 0.313 e. The van der Waals surface area contributed by atoms with Crippen molar-refractivity contribution in [2.45, 2.75) is 18.4 Å². The number of halogens is 2. The SMILES string of the molecule is O=C(Nc1ccccc1F)C(=O)NC1(c2ccccc2F)CC1. The van der Waals surface area contributed by atoms with Crippen molar-refractivity contribution in [2.24, 2.45) is 0 Å². The van der Waals surface area contributed by atoms with Crippen molar-refractivity contribution < 1.29 is 18.4 Å². The lowest BCUT2D eigenvalue weighted by Crippen LogP contribution is -2.42. The van der Waals surface area contributed by atoms with E-state index in [2.05, 4.69) is 10.6 Å². The molecule has 0 heterocycles. The third-order valence-electron chi connectivity index (χ3n) is 3.82. The Morgan fingerprint density at radius 3 is 2.09 bits per heavy atom. The smallest absolute Gasteiger partial charge is 0.313 e. The van der Waals surface area contributed by atoms with Gasteiger partial charge in [0, 0.05) is 5.56 Å². The fourth-order valence-corrected chi connectivity index (χ4v) is 2.45. The lowest BCUT2D eigenvalue weighted by atomic mass is 10.0. The predicted octanol–water partition coefficient (Wildman–Crippen LogP) is 2.71. The molecular weight excluding hydrogens is 302 g/mol. The second kappa shape index (κ2) is 5.79. The molecule has 1 aliphatic carbocycles. The van der Waals surface area contributed by atoms with Gasteiger partial charge in [-0.3, -0.25) is 9.59 Å². The molecule has 2 aromatic carbocycles. The van der Waals surface area contributed by atoms with Gasteiger partial charge >= 0.3 is 11.8 Å². The van der Waals surface area contributed by atoms with E-state index in [1.165, 1.54) is 24.3 Å². The summed E-state index contributed by atoms with van der Waals surface area (Å²) in [6.07, 6.45) is 1.10. The molecular formula is C17H14F2N2O2. The third-order valence-corrected chi connectivity index (χ3v) is 3.82. The van der Waals surface area contributed by atoms with Gasteiger partial charge in [-0.05, 0) is 31.0 Å². The standard InChI is InChI=1S/C17H14F2N2O2/c18-12-6-2-1-5-11(12)17(9-10-17)21-16(23)15(22)20-14-8-4-3-7-13(14)19/h1-8H,9-10H2,(H,20,22)(H,21,23). The van der Waals surface area contributed by atoms with Crippen LogP contribution in [0.4, 0.5) is 14.5 Å². The van der Waals surface area contributed by atoms with Crippen LogP contribution in [0, 0.1) is 11.6 Å². The van der Waals surface area contributed by atoms with Crippen LogP contribution in [0.1, 0.15) is 18.4 Å². The van der Waals surface area contributed by atoms with E-state index in [4.69, 9.17) is 0 Å². The molecule has 0 aliphatic heterocycles. The lowest BCUT2D eigenvalue weighted by Gasteiger charge is -2.18. The summed E-state index contributed by atoms with van der Waals surface area (Å²) in [4.78, 5) is 23.9. The molecule has 0 radical (unpaired) electrons. The molecule has 0 atom stereocenters. The zero-order valence-corrected chi connectivity index (χ0v) is 12.1. The van der Waals surface area contributed by atoms with Crippen molar-refractivity contribution >= 4 is 17.5 Å². The number of para-hydroxylation sites is 1. The molecule has 0 saturated heterocycles. The van der Waals surface area contributed by atoms with Crippen LogP contribution >= 0.6 is 0 Å². The zero-order chi connectivity index (χ0) is 16.4. The van der Waals surface area contributed by atoms with Crippen molar-refractivity contribution in [3.05, 3.63) is 65.7 Å². The summed E-state index contributed by atoms with van der Waals surface area (Å²) < 4.78 is 27.4. The molecule has 2 N–H and O–H groups in total. The Morgan fingerprint density at radius 1 is 0.870 bits per heavy atom.